The first kappa shape index (κ1) is 19.8. The molecule has 1 heterocycles. The Morgan fingerprint density at radius 3 is 2.50 bits per heavy atom. The third kappa shape index (κ3) is 4.31. The van der Waals surface area contributed by atoms with Crippen molar-refractivity contribution in [2.75, 3.05) is 7.11 Å². The molecule has 1 atom stereocenters. The van der Waals surface area contributed by atoms with Crippen molar-refractivity contribution < 1.29 is 13.9 Å². The number of carbonyl (C=O) groups is 1. The van der Waals surface area contributed by atoms with Gasteiger partial charge in [0.05, 0.1) is 12.4 Å². The van der Waals surface area contributed by atoms with Crippen LogP contribution in [0.25, 0.3) is 11.4 Å². The van der Waals surface area contributed by atoms with Gasteiger partial charge in [-0.1, -0.05) is 17.8 Å². The van der Waals surface area contributed by atoms with E-state index in [1.54, 1.807) is 49.6 Å². The maximum absolute atomic E-state index is 13.2. The summed E-state index contributed by atoms with van der Waals surface area (Å²) in [7, 11) is 1.58. The lowest BCUT2D eigenvalue weighted by Gasteiger charge is -2.12. The van der Waals surface area contributed by atoms with Gasteiger partial charge in [0.2, 0.25) is 0 Å². The van der Waals surface area contributed by atoms with Crippen LogP contribution in [0.4, 0.5) is 4.39 Å². The quantitative estimate of drug-likeness (QED) is 0.315. The zero-order valence-corrected chi connectivity index (χ0v) is 16.4. The van der Waals surface area contributed by atoms with Crippen LogP contribution in [0.15, 0.2) is 66.3 Å². The molecule has 0 fully saturated rings. The largest absolute Gasteiger partial charge is 0.497 e. The van der Waals surface area contributed by atoms with Crippen molar-refractivity contribution in [3.8, 4) is 17.1 Å². The molecule has 0 radical (unpaired) electrons. The second-order valence-electron chi connectivity index (χ2n) is 6.07. The highest BCUT2D eigenvalue weighted by atomic mass is 32.2. The lowest BCUT2D eigenvalue weighted by atomic mass is 10.1. The normalized spacial score (nSPS) is 11.8. The molecule has 0 unspecified atom stereocenters. The zero-order valence-electron chi connectivity index (χ0n) is 15.6. The van der Waals surface area contributed by atoms with Crippen molar-refractivity contribution in [3.05, 3.63) is 72.6 Å². The topological polar surface area (TPSA) is 57.0 Å². The van der Waals surface area contributed by atoms with Gasteiger partial charge in [-0.3, -0.25) is 9.36 Å². The fourth-order valence-electron chi connectivity index (χ4n) is 2.68. The van der Waals surface area contributed by atoms with Crippen LogP contribution in [-0.4, -0.2) is 32.9 Å². The lowest BCUT2D eigenvalue weighted by molar-refractivity contribution is 0.0994. The molecule has 0 aliphatic rings. The average molecular weight is 397 g/mol. The van der Waals surface area contributed by atoms with Gasteiger partial charge in [-0.2, -0.15) is 0 Å². The molecule has 3 aromatic rings. The Morgan fingerprint density at radius 1 is 1.21 bits per heavy atom. The Morgan fingerprint density at radius 2 is 1.89 bits per heavy atom. The van der Waals surface area contributed by atoms with Crippen molar-refractivity contribution in [1.29, 1.82) is 0 Å². The second kappa shape index (κ2) is 8.84. The van der Waals surface area contributed by atoms with E-state index in [0.29, 0.717) is 28.8 Å². The van der Waals surface area contributed by atoms with E-state index >= 15 is 0 Å². The smallest absolute Gasteiger partial charge is 0.192 e. The number of allylic oxidation sites excluding steroid dienone is 1. The van der Waals surface area contributed by atoms with Crippen LogP contribution in [0.3, 0.4) is 0 Å². The van der Waals surface area contributed by atoms with Crippen LogP contribution in [0.1, 0.15) is 17.3 Å². The summed E-state index contributed by atoms with van der Waals surface area (Å²) < 4.78 is 20.2. The van der Waals surface area contributed by atoms with E-state index in [-0.39, 0.29) is 16.9 Å². The molecule has 28 heavy (non-hydrogen) atoms. The van der Waals surface area contributed by atoms with Crippen molar-refractivity contribution in [2.45, 2.75) is 23.9 Å². The first-order chi connectivity index (χ1) is 13.5. The summed E-state index contributed by atoms with van der Waals surface area (Å²) in [6.45, 7) is 6.09. The van der Waals surface area contributed by atoms with E-state index < -0.39 is 0 Å². The van der Waals surface area contributed by atoms with Crippen LogP contribution >= 0.6 is 11.8 Å². The molecule has 144 valence electrons. The lowest BCUT2D eigenvalue weighted by Crippen LogP contribution is -2.14. The molecule has 0 saturated carbocycles. The van der Waals surface area contributed by atoms with Gasteiger partial charge in [0.15, 0.2) is 16.8 Å². The van der Waals surface area contributed by atoms with Gasteiger partial charge in [0.25, 0.3) is 0 Å². The molecule has 0 saturated heterocycles. The third-order valence-corrected chi connectivity index (χ3v) is 5.24. The monoisotopic (exact) mass is 397 g/mol. The fraction of sp³-hybridized carbons (Fsp3) is 0.190. The number of benzene rings is 2. The Balaban J connectivity index is 1.83. The predicted molar refractivity (Wildman–Crippen MR) is 108 cm³/mol. The number of rotatable bonds is 8. The van der Waals surface area contributed by atoms with Gasteiger partial charge in [-0.05, 0) is 55.5 Å². The molecule has 0 spiro atoms. The van der Waals surface area contributed by atoms with E-state index in [1.807, 2.05) is 11.5 Å². The summed E-state index contributed by atoms with van der Waals surface area (Å²) in [5, 5.41) is 8.72. The van der Waals surface area contributed by atoms with Gasteiger partial charge >= 0.3 is 0 Å². The number of Topliss-reactive ketones (excluding diaryl/α,β-unsaturated/α-hetero) is 1. The SMILES string of the molecule is C=CCn1c(S[C@H](C)C(=O)c2ccc(OC)cc2)nnc1-c1ccc(F)cc1. The number of hydrogen-bond acceptors (Lipinski definition) is 5. The van der Waals surface area contributed by atoms with Gasteiger partial charge in [0.1, 0.15) is 11.6 Å². The Hall–Kier alpha value is -2.93. The number of aromatic nitrogens is 3. The summed E-state index contributed by atoms with van der Waals surface area (Å²) in [6.07, 6.45) is 1.73. The van der Waals surface area contributed by atoms with Crippen molar-refractivity contribution in [3.63, 3.8) is 0 Å². The minimum absolute atomic E-state index is 0.0101. The minimum Gasteiger partial charge on any atom is -0.497 e. The zero-order chi connectivity index (χ0) is 20.1. The molecule has 1 aromatic heterocycles. The molecule has 0 bridgehead atoms. The first-order valence-corrected chi connectivity index (χ1v) is 9.56. The number of carbonyl (C=O) groups excluding carboxylic acids is 1. The summed E-state index contributed by atoms with van der Waals surface area (Å²) >= 11 is 1.33. The highest BCUT2D eigenvalue weighted by Gasteiger charge is 2.21. The minimum atomic E-state index is -0.359. The van der Waals surface area contributed by atoms with Crippen LogP contribution in [0.5, 0.6) is 5.75 Å². The van der Waals surface area contributed by atoms with Crippen molar-refractivity contribution >= 4 is 17.5 Å². The first-order valence-electron chi connectivity index (χ1n) is 8.68. The number of nitrogens with zero attached hydrogens (tertiary/aromatic N) is 3. The molecule has 7 heteroatoms. The summed E-state index contributed by atoms with van der Waals surface area (Å²) in [6, 6.07) is 13.1. The molecule has 3 rings (SSSR count). The van der Waals surface area contributed by atoms with E-state index in [4.69, 9.17) is 4.74 Å². The number of hydrogen-bond donors (Lipinski definition) is 0. The molecule has 0 aliphatic heterocycles. The van der Waals surface area contributed by atoms with E-state index in [2.05, 4.69) is 16.8 Å². The Kier molecular flexibility index (Phi) is 6.26. The van der Waals surface area contributed by atoms with Crippen LogP contribution in [0, 0.1) is 5.82 Å². The average Bonchev–Trinajstić information content (AvgIpc) is 3.10. The van der Waals surface area contributed by atoms with Gasteiger partial charge in [-0.25, -0.2) is 4.39 Å². The maximum Gasteiger partial charge on any atom is 0.192 e. The van der Waals surface area contributed by atoms with E-state index in [1.165, 1.54) is 23.9 Å². The van der Waals surface area contributed by atoms with Crippen LogP contribution in [-0.2, 0) is 6.54 Å². The van der Waals surface area contributed by atoms with E-state index in [9.17, 15) is 9.18 Å². The molecule has 5 nitrogen and oxygen atoms in total. The highest BCUT2D eigenvalue weighted by Crippen LogP contribution is 2.29. The molecule has 2 aromatic carbocycles. The number of ketones is 1. The number of ether oxygens (including phenoxy) is 1. The molecule has 0 N–H and O–H groups in total. The van der Waals surface area contributed by atoms with Gasteiger partial charge in [-0.15, -0.1) is 16.8 Å². The summed E-state index contributed by atoms with van der Waals surface area (Å²) in [5.41, 5.74) is 1.35. The standard InChI is InChI=1S/C21H20FN3O2S/c1-4-13-25-20(16-5-9-17(22)10-6-16)23-24-21(25)28-14(2)19(26)15-7-11-18(27-3)12-8-15/h4-12,14H,1,13H2,2-3H3/t14-/m1/s1. The van der Waals surface area contributed by atoms with Crippen LogP contribution in [0.2, 0.25) is 0 Å². The Labute approximate surface area is 167 Å². The fourth-order valence-corrected chi connectivity index (χ4v) is 3.62. The summed E-state index contributed by atoms with van der Waals surface area (Å²) in [5.74, 6) is 0.981. The molecule has 0 aliphatic carbocycles. The highest BCUT2D eigenvalue weighted by molar-refractivity contribution is 8.00. The van der Waals surface area contributed by atoms with Crippen molar-refractivity contribution in [1.82, 2.24) is 14.8 Å². The molecular formula is C21H20FN3O2S. The predicted octanol–water partition coefficient (Wildman–Crippen LogP) is 4.64. The second-order valence-corrected chi connectivity index (χ2v) is 7.37. The Bertz CT molecular complexity index is 968. The number of methoxy groups -OCH3 is 1. The maximum atomic E-state index is 13.2. The number of halogens is 1. The summed E-state index contributed by atoms with van der Waals surface area (Å²) in [4.78, 5) is 12.8. The number of thioether (sulfide) groups is 1. The van der Waals surface area contributed by atoms with Gasteiger partial charge in [0, 0.05) is 17.7 Å². The van der Waals surface area contributed by atoms with Crippen LogP contribution < -0.4 is 4.74 Å². The molecular weight excluding hydrogens is 377 g/mol. The molecule has 0 amide bonds. The van der Waals surface area contributed by atoms with Crippen molar-refractivity contribution in [2.24, 2.45) is 0 Å². The third-order valence-electron chi connectivity index (χ3n) is 4.16. The van der Waals surface area contributed by atoms with Gasteiger partial charge < -0.3 is 4.74 Å². The van der Waals surface area contributed by atoms with E-state index in [0.717, 1.165) is 5.56 Å².